The molecule has 7 heteroatoms. The van der Waals surface area contributed by atoms with Crippen LogP contribution in [0.2, 0.25) is 0 Å². The zero-order valence-electron chi connectivity index (χ0n) is 12.1. The molecular weight excluding hydrogens is 292 g/mol. The van der Waals surface area contributed by atoms with E-state index >= 15 is 0 Å². The third kappa shape index (κ3) is 4.18. The highest BCUT2D eigenvalue weighted by molar-refractivity contribution is 7.90. The highest BCUT2D eigenvalue weighted by Crippen LogP contribution is 2.24. The normalized spacial score (nSPS) is 18.0. The summed E-state index contributed by atoms with van der Waals surface area (Å²) in [6.45, 7) is 1.74. The van der Waals surface area contributed by atoms with Gasteiger partial charge in [0.2, 0.25) is 5.91 Å². The van der Waals surface area contributed by atoms with Crippen LogP contribution in [-0.4, -0.2) is 38.8 Å². The standard InChI is InChI=1S/C14H20N2O4S/c1-14(13(15)17,16-10-6-7-10)9-20-11-4-3-5-12(8-11)21(2,18)19/h3-5,8,10,16H,6-7,9H2,1-2H3,(H2,15,17). The van der Waals surface area contributed by atoms with E-state index < -0.39 is 21.3 Å². The molecule has 0 aliphatic heterocycles. The van der Waals surface area contributed by atoms with E-state index in [4.69, 9.17) is 10.5 Å². The first-order chi connectivity index (χ1) is 9.71. The minimum absolute atomic E-state index is 0.0477. The Balaban J connectivity index is 2.08. The number of hydrogen-bond donors (Lipinski definition) is 2. The molecular formula is C14H20N2O4S. The van der Waals surface area contributed by atoms with E-state index in [1.54, 1.807) is 19.1 Å². The quantitative estimate of drug-likeness (QED) is 0.762. The maximum Gasteiger partial charge on any atom is 0.240 e. The summed E-state index contributed by atoms with van der Waals surface area (Å²) in [6.07, 6.45) is 3.17. The summed E-state index contributed by atoms with van der Waals surface area (Å²) < 4.78 is 28.6. The molecule has 0 saturated heterocycles. The summed E-state index contributed by atoms with van der Waals surface area (Å²) >= 11 is 0. The Labute approximate surface area is 124 Å². The van der Waals surface area contributed by atoms with Crippen molar-refractivity contribution in [1.82, 2.24) is 5.32 Å². The molecule has 116 valence electrons. The van der Waals surface area contributed by atoms with Crippen LogP contribution < -0.4 is 15.8 Å². The molecule has 0 spiro atoms. The Bertz CT molecular complexity index is 640. The summed E-state index contributed by atoms with van der Waals surface area (Å²) in [6, 6.07) is 6.48. The zero-order valence-corrected chi connectivity index (χ0v) is 12.9. The minimum Gasteiger partial charge on any atom is -0.491 e. The molecule has 0 bridgehead atoms. The van der Waals surface area contributed by atoms with Gasteiger partial charge in [0.15, 0.2) is 9.84 Å². The van der Waals surface area contributed by atoms with Gasteiger partial charge in [-0.15, -0.1) is 0 Å². The molecule has 3 N–H and O–H groups in total. The van der Waals surface area contributed by atoms with Crippen molar-refractivity contribution in [3.63, 3.8) is 0 Å². The molecule has 1 saturated carbocycles. The molecule has 1 aliphatic carbocycles. The fourth-order valence-corrected chi connectivity index (χ4v) is 2.54. The van der Waals surface area contributed by atoms with Crippen molar-refractivity contribution in [2.45, 2.75) is 36.2 Å². The predicted octanol–water partition coefficient (Wildman–Crippen LogP) is 0.465. The van der Waals surface area contributed by atoms with Gasteiger partial charge < -0.3 is 10.5 Å². The van der Waals surface area contributed by atoms with Crippen LogP contribution in [0.15, 0.2) is 29.2 Å². The van der Waals surface area contributed by atoms with Crippen molar-refractivity contribution >= 4 is 15.7 Å². The number of primary amides is 1. The highest BCUT2D eigenvalue weighted by atomic mass is 32.2. The minimum atomic E-state index is -3.29. The van der Waals surface area contributed by atoms with Gasteiger partial charge in [0.05, 0.1) is 4.90 Å². The summed E-state index contributed by atoms with van der Waals surface area (Å²) in [7, 11) is -3.29. The first kappa shape index (κ1) is 15.8. The van der Waals surface area contributed by atoms with Gasteiger partial charge in [-0.1, -0.05) is 6.07 Å². The van der Waals surface area contributed by atoms with Crippen molar-refractivity contribution in [2.24, 2.45) is 5.73 Å². The highest BCUT2D eigenvalue weighted by Gasteiger charge is 2.37. The molecule has 1 aliphatic rings. The summed E-state index contributed by atoms with van der Waals surface area (Å²) in [4.78, 5) is 11.8. The Morgan fingerprint density at radius 1 is 1.48 bits per heavy atom. The monoisotopic (exact) mass is 312 g/mol. The average molecular weight is 312 g/mol. The van der Waals surface area contributed by atoms with Crippen LogP contribution in [0.25, 0.3) is 0 Å². The Morgan fingerprint density at radius 3 is 2.67 bits per heavy atom. The smallest absolute Gasteiger partial charge is 0.240 e. The number of nitrogens with two attached hydrogens (primary N) is 1. The van der Waals surface area contributed by atoms with E-state index in [9.17, 15) is 13.2 Å². The summed E-state index contributed by atoms with van der Waals surface area (Å²) in [5.41, 5.74) is 4.46. The number of amides is 1. The summed E-state index contributed by atoms with van der Waals surface area (Å²) in [5, 5.41) is 3.16. The van der Waals surface area contributed by atoms with Gasteiger partial charge in [0.1, 0.15) is 17.9 Å². The molecule has 21 heavy (non-hydrogen) atoms. The summed E-state index contributed by atoms with van der Waals surface area (Å²) in [5.74, 6) is -0.100. The molecule has 1 amide bonds. The van der Waals surface area contributed by atoms with Crippen LogP contribution in [0.5, 0.6) is 5.75 Å². The number of benzene rings is 1. The number of nitrogens with one attached hydrogen (secondary N) is 1. The molecule has 2 rings (SSSR count). The van der Waals surface area contributed by atoms with Crippen molar-refractivity contribution < 1.29 is 17.9 Å². The largest absolute Gasteiger partial charge is 0.491 e. The van der Waals surface area contributed by atoms with Gasteiger partial charge in [0, 0.05) is 12.3 Å². The molecule has 1 aromatic carbocycles. The van der Waals surface area contributed by atoms with E-state index in [0.717, 1.165) is 19.1 Å². The molecule has 1 fully saturated rings. The van der Waals surface area contributed by atoms with Gasteiger partial charge in [-0.25, -0.2) is 8.42 Å². The third-order valence-corrected chi connectivity index (χ3v) is 4.52. The lowest BCUT2D eigenvalue weighted by atomic mass is 10.0. The van der Waals surface area contributed by atoms with E-state index in [-0.39, 0.29) is 11.5 Å². The van der Waals surface area contributed by atoms with Gasteiger partial charge in [-0.3, -0.25) is 10.1 Å². The molecule has 1 aromatic rings. The Kier molecular flexibility index (Phi) is 4.25. The van der Waals surface area contributed by atoms with Crippen LogP contribution in [0, 0.1) is 0 Å². The van der Waals surface area contributed by atoms with E-state index in [1.807, 2.05) is 0 Å². The maximum absolute atomic E-state index is 11.6. The molecule has 1 atom stereocenters. The molecule has 0 aromatic heterocycles. The number of carbonyl (C=O) groups excluding carboxylic acids is 1. The maximum atomic E-state index is 11.6. The van der Waals surface area contributed by atoms with E-state index in [2.05, 4.69) is 5.32 Å². The van der Waals surface area contributed by atoms with Crippen molar-refractivity contribution in [1.29, 1.82) is 0 Å². The fraction of sp³-hybridized carbons (Fsp3) is 0.500. The molecule has 6 nitrogen and oxygen atoms in total. The first-order valence-electron chi connectivity index (χ1n) is 6.71. The van der Waals surface area contributed by atoms with E-state index in [1.165, 1.54) is 12.1 Å². The lowest BCUT2D eigenvalue weighted by Gasteiger charge is -2.27. The second-order valence-electron chi connectivity index (χ2n) is 5.65. The molecule has 0 radical (unpaired) electrons. The van der Waals surface area contributed by atoms with Crippen LogP contribution in [0.3, 0.4) is 0 Å². The predicted molar refractivity (Wildman–Crippen MR) is 78.8 cm³/mol. The fourth-order valence-electron chi connectivity index (χ4n) is 1.88. The average Bonchev–Trinajstić information content (AvgIpc) is 3.19. The van der Waals surface area contributed by atoms with Gasteiger partial charge in [-0.05, 0) is 38.0 Å². The van der Waals surface area contributed by atoms with Crippen molar-refractivity contribution in [2.75, 3.05) is 12.9 Å². The van der Waals surface area contributed by atoms with Gasteiger partial charge >= 0.3 is 0 Å². The van der Waals surface area contributed by atoms with Crippen molar-refractivity contribution in [3.05, 3.63) is 24.3 Å². The van der Waals surface area contributed by atoms with Gasteiger partial charge in [0.25, 0.3) is 0 Å². The first-order valence-corrected chi connectivity index (χ1v) is 8.60. The van der Waals surface area contributed by atoms with Crippen LogP contribution >= 0.6 is 0 Å². The third-order valence-electron chi connectivity index (χ3n) is 3.41. The topological polar surface area (TPSA) is 98.5 Å². The number of hydrogen-bond acceptors (Lipinski definition) is 5. The number of sulfone groups is 1. The zero-order chi connectivity index (χ0) is 15.7. The number of rotatable bonds is 7. The van der Waals surface area contributed by atoms with E-state index in [0.29, 0.717) is 11.8 Å². The lowest BCUT2D eigenvalue weighted by molar-refractivity contribution is -0.125. The second-order valence-corrected chi connectivity index (χ2v) is 7.67. The van der Waals surface area contributed by atoms with Gasteiger partial charge in [-0.2, -0.15) is 0 Å². The lowest BCUT2D eigenvalue weighted by Crippen LogP contribution is -2.57. The van der Waals surface area contributed by atoms with Crippen molar-refractivity contribution in [3.8, 4) is 5.75 Å². The van der Waals surface area contributed by atoms with Crippen LogP contribution in [0.1, 0.15) is 19.8 Å². The van der Waals surface area contributed by atoms with Crippen LogP contribution in [0.4, 0.5) is 0 Å². The SMILES string of the molecule is CC(COc1cccc(S(C)(=O)=O)c1)(NC1CC1)C(N)=O. The number of carbonyl (C=O) groups is 1. The Morgan fingerprint density at radius 2 is 2.14 bits per heavy atom. The van der Waals surface area contributed by atoms with Crippen LogP contribution in [-0.2, 0) is 14.6 Å². The second kappa shape index (κ2) is 5.65. The number of ether oxygens (including phenoxy) is 1. The molecule has 1 unspecified atom stereocenters. The molecule has 0 heterocycles. The Hall–Kier alpha value is -1.60.